The van der Waals surface area contributed by atoms with Crippen LogP contribution in [-0.4, -0.2) is 78.3 Å². The van der Waals surface area contributed by atoms with Gasteiger partial charge in [0, 0.05) is 45.2 Å². The van der Waals surface area contributed by atoms with Gasteiger partial charge in [0.15, 0.2) is 5.75 Å². The van der Waals surface area contributed by atoms with Gasteiger partial charge >= 0.3 is 0 Å². The number of piperazine rings is 1. The topological polar surface area (TPSA) is 70.2 Å². The van der Waals surface area contributed by atoms with Crippen LogP contribution in [0.25, 0.3) is 0 Å². The fourth-order valence-corrected chi connectivity index (χ4v) is 4.34. The molecule has 0 radical (unpaired) electrons. The van der Waals surface area contributed by atoms with Crippen molar-refractivity contribution < 1.29 is 19.1 Å². The lowest BCUT2D eigenvalue weighted by molar-refractivity contribution is -0.137. The fourth-order valence-electron chi connectivity index (χ4n) is 3.87. The van der Waals surface area contributed by atoms with E-state index < -0.39 is 0 Å². The van der Waals surface area contributed by atoms with Gasteiger partial charge in [0.2, 0.25) is 11.8 Å². The van der Waals surface area contributed by atoms with Crippen molar-refractivity contribution in [1.29, 1.82) is 0 Å². The van der Waals surface area contributed by atoms with E-state index in [0.717, 1.165) is 0 Å². The van der Waals surface area contributed by atoms with Gasteiger partial charge in [-0.1, -0.05) is 23.2 Å². The maximum Gasteiger partial charge on any atom is 0.259 e. The molecule has 2 aliphatic rings. The number of hydrogen-bond donors (Lipinski definition) is 0. The van der Waals surface area contributed by atoms with Crippen LogP contribution in [-0.2, 0) is 9.59 Å². The number of rotatable bonds is 4. The molecule has 158 valence electrons. The molecule has 0 spiro atoms. The summed E-state index contributed by atoms with van der Waals surface area (Å²) < 4.78 is 5.27. The van der Waals surface area contributed by atoms with Crippen molar-refractivity contribution in [3.05, 3.63) is 27.7 Å². The fraction of sp³-hybridized carbons (Fsp3) is 0.550. The van der Waals surface area contributed by atoms with E-state index >= 15 is 0 Å². The van der Waals surface area contributed by atoms with Crippen molar-refractivity contribution in [3.63, 3.8) is 0 Å². The van der Waals surface area contributed by atoms with Crippen molar-refractivity contribution >= 4 is 40.9 Å². The normalized spacial score (nSPS) is 19.9. The largest absolute Gasteiger partial charge is 0.494 e. The summed E-state index contributed by atoms with van der Waals surface area (Å²) in [5, 5.41) is 0.586. The Kier molecular flexibility index (Phi) is 6.58. The summed E-state index contributed by atoms with van der Waals surface area (Å²) in [5.74, 6) is -0.333. The molecule has 0 aromatic heterocycles. The molecule has 1 atom stereocenters. The average Bonchev–Trinajstić information content (AvgIpc) is 3.10. The molecule has 0 bridgehead atoms. The molecule has 2 aliphatic heterocycles. The van der Waals surface area contributed by atoms with Gasteiger partial charge in [-0.05, 0) is 26.0 Å². The number of amides is 3. The van der Waals surface area contributed by atoms with Crippen LogP contribution < -0.4 is 4.74 Å². The Balaban J connectivity index is 1.64. The van der Waals surface area contributed by atoms with E-state index in [2.05, 4.69) is 0 Å². The van der Waals surface area contributed by atoms with Crippen LogP contribution in [0.5, 0.6) is 5.75 Å². The summed E-state index contributed by atoms with van der Waals surface area (Å²) in [6.45, 7) is 5.95. The SMILES string of the molecule is COc1c(Cl)ccc(Cl)c1C(=O)N1CCN(C(=O)C2CC(=O)N(C(C)C)C2)CC1. The minimum atomic E-state index is -0.311. The molecule has 29 heavy (non-hydrogen) atoms. The molecule has 0 N–H and O–H groups in total. The maximum absolute atomic E-state index is 13.0. The Hall–Kier alpha value is -1.99. The number of halogens is 2. The zero-order valence-electron chi connectivity index (χ0n) is 16.8. The van der Waals surface area contributed by atoms with E-state index in [9.17, 15) is 14.4 Å². The Morgan fingerprint density at radius 3 is 2.21 bits per heavy atom. The molecule has 1 unspecified atom stereocenters. The highest BCUT2D eigenvalue weighted by Crippen LogP contribution is 2.35. The van der Waals surface area contributed by atoms with E-state index in [1.54, 1.807) is 26.8 Å². The molecular weight excluding hydrogens is 417 g/mol. The van der Waals surface area contributed by atoms with Crippen LogP contribution in [0.1, 0.15) is 30.6 Å². The highest BCUT2D eigenvalue weighted by atomic mass is 35.5. The number of nitrogens with zero attached hydrogens (tertiary/aromatic N) is 3. The zero-order valence-corrected chi connectivity index (χ0v) is 18.3. The van der Waals surface area contributed by atoms with Crippen LogP contribution in [0.3, 0.4) is 0 Å². The molecule has 3 rings (SSSR count). The van der Waals surface area contributed by atoms with E-state index in [1.165, 1.54) is 7.11 Å². The first kappa shape index (κ1) is 21.7. The number of methoxy groups -OCH3 is 1. The van der Waals surface area contributed by atoms with Crippen LogP contribution >= 0.6 is 23.2 Å². The smallest absolute Gasteiger partial charge is 0.259 e. The van der Waals surface area contributed by atoms with Crippen LogP contribution in [0, 0.1) is 5.92 Å². The van der Waals surface area contributed by atoms with Gasteiger partial charge in [-0.15, -0.1) is 0 Å². The molecule has 7 nitrogen and oxygen atoms in total. The Bertz CT molecular complexity index is 822. The lowest BCUT2D eigenvalue weighted by Gasteiger charge is -2.36. The minimum Gasteiger partial charge on any atom is -0.494 e. The molecule has 9 heteroatoms. The summed E-state index contributed by atoms with van der Waals surface area (Å²) in [5.41, 5.74) is 0.232. The average molecular weight is 442 g/mol. The van der Waals surface area contributed by atoms with Gasteiger partial charge < -0.3 is 19.4 Å². The molecular formula is C20H25Cl2N3O4. The first-order valence-electron chi connectivity index (χ1n) is 9.64. The highest BCUT2D eigenvalue weighted by molar-refractivity contribution is 6.37. The lowest BCUT2D eigenvalue weighted by atomic mass is 10.1. The predicted molar refractivity (Wildman–Crippen MR) is 110 cm³/mol. The molecule has 1 aromatic carbocycles. The summed E-state index contributed by atoms with van der Waals surface area (Å²) in [6, 6.07) is 3.24. The molecule has 1 aromatic rings. The number of carbonyl (C=O) groups excluding carboxylic acids is 3. The molecule has 2 heterocycles. The zero-order chi connectivity index (χ0) is 21.3. The lowest BCUT2D eigenvalue weighted by Crippen LogP contribution is -2.52. The quantitative estimate of drug-likeness (QED) is 0.719. The summed E-state index contributed by atoms with van der Waals surface area (Å²) >= 11 is 12.4. The predicted octanol–water partition coefficient (Wildman–Crippen LogP) is 2.54. The van der Waals surface area contributed by atoms with Gasteiger partial charge in [0.25, 0.3) is 5.91 Å². The third-order valence-electron chi connectivity index (χ3n) is 5.49. The first-order valence-corrected chi connectivity index (χ1v) is 10.4. The van der Waals surface area contributed by atoms with Crippen molar-refractivity contribution in [2.45, 2.75) is 26.3 Å². The van der Waals surface area contributed by atoms with Crippen LogP contribution in [0.2, 0.25) is 10.0 Å². The maximum atomic E-state index is 13.0. The second kappa shape index (κ2) is 8.79. The molecule has 3 amide bonds. The van der Waals surface area contributed by atoms with Gasteiger partial charge in [-0.3, -0.25) is 14.4 Å². The van der Waals surface area contributed by atoms with E-state index in [1.807, 2.05) is 13.8 Å². The third-order valence-corrected chi connectivity index (χ3v) is 6.10. The minimum absolute atomic E-state index is 0.0213. The summed E-state index contributed by atoms with van der Waals surface area (Å²) in [4.78, 5) is 43.1. The number of carbonyl (C=O) groups is 3. The van der Waals surface area contributed by atoms with Crippen LogP contribution in [0.15, 0.2) is 12.1 Å². The molecule has 2 saturated heterocycles. The molecule has 2 fully saturated rings. The third kappa shape index (κ3) is 4.31. The second-order valence-corrected chi connectivity index (χ2v) is 8.41. The van der Waals surface area contributed by atoms with E-state index in [4.69, 9.17) is 27.9 Å². The highest BCUT2D eigenvalue weighted by Gasteiger charge is 2.38. The number of hydrogen-bond acceptors (Lipinski definition) is 4. The van der Waals surface area contributed by atoms with Gasteiger partial charge in [-0.25, -0.2) is 0 Å². The van der Waals surface area contributed by atoms with Crippen molar-refractivity contribution in [2.75, 3.05) is 39.8 Å². The van der Waals surface area contributed by atoms with Crippen molar-refractivity contribution in [2.24, 2.45) is 5.92 Å². The number of likely N-dealkylation sites (tertiary alicyclic amines) is 1. The number of benzene rings is 1. The van der Waals surface area contributed by atoms with Crippen LogP contribution in [0.4, 0.5) is 0 Å². The Morgan fingerprint density at radius 1 is 1.07 bits per heavy atom. The van der Waals surface area contributed by atoms with Crippen molar-refractivity contribution in [3.8, 4) is 5.75 Å². The Morgan fingerprint density at radius 2 is 1.66 bits per heavy atom. The second-order valence-electron chi connectivity index (χ2n) is 7.60. The standard InChI is InChI=1S/C20H25Cl2N3O4/c1-12(2)25-11-13(10-16(25)26)19(27)23-6-8-24(9-7-23)20(28)17-14(21)4-5-15(22)18(17)29-3/h4-5,12-13H,6-11H2,1-3H3. The first-order chi connectivity index (χ1) is 13.7. The van der Waals surface area contributed by atoms with Gasteiger partial charge in [-0.2, -0.15) is 0 Å². The van der Waals surface area contributed by atoms with Gasteiger partial charge in [0.05, 0.1) is 23.1 Å². The van der Waals surface area contributed by atoms with Crippen molar-refractivity contribution in [1.82, 2.24) is 14.7 Å². The Labute approximate surface area is 180 Å². The van der Waals surface area contributed by atoms with Gasteiger partial charge in [0.1, 0.15) is 5.56 Å². The number of ether oxygens (including phenoxy) is 1. The summed E-state index contributed by atoms with van der Waals surface area (Å²) in [6.07, 6.45) is 0.255. The molecule has 0 saturated carbocycles. The summed E-state index contributed by atoms with van der Waals surface area (Å²) in [7, 11) is 1.44. The van der Waals surface area contributed by atoms with E-state index in [0.29, 0.717) is 37.7 Å². The van der Waals surface area contributed by atoms with E-state index in [-0.39, 0.29) is 52.4 Å². The molecule has 0 aliphatic carbocycles. The monoisotopic (exact) mass is 441 g/mol.